The Kier molecular flexibility index (Phi) is 6.41. The summed E-state index contributed by atoms with van der Waals surface area (Å²) in [7, 11) is -3.81. The first-order chi connectivity index (χ1) is 14.2. The van der Waals surface area contributed by atoms with Crippen molar-refractivity contribution in [1.82, 2.24) is 5.16 Å². The molecule has 1 aromatic heterocycles. The normalized spacial score (nSPS) is 11.3. The lowest BCUT2D eigenvalue weighted by atomic mass is 10.0. The van der Waals surface area contributed by atoms with E-state index in [0.717, 1.165) is 5.56 Å². The summed E-state index contributed by atoms with van der Waals surface area (Å²) >= 11 is 0. The number of nitrogens with one attached hydrogen (secondary N) is 2. The number of aryl methyl sites for hydroxylation is 1. The van der Waals surface area contributed by atoms with E-state index in [-0.39, 0.29) is 23.2 Å². The third kappa shape index (κ3) is 5.60. The van der Waals surface area contributed by atoms with Crippen molar-refractivity contribution in [3.63, 3.8) is 0 Å². The lowest BCUT2D eigenvalue weighted by Crippen LogP contribution is -2.20. The zero-order valence-electron chi connectivity index (χ0n) is 16.9. The molecule has 158 valence electrons. The third-order valence-electron chi connectivity index (χ3n) is 4.21. The fourth-order valence-electron chi connectivity index (χ4n) is 2.64. The summed E-state index contributed by atoms with van der Waals surface area (Å²) < 4.78 is 37.5. The molecule has 3 aromatic rings. The van der Waals surface area contributed by atoms with Crippen molar-refractivity contribution in [2.45, 2.75) is 31.6 Å². The van der Waals surface area contributed by atoms with Gasteiger partial charge in [-0.25, -0.2) is 8.42 Å². The molecule has 0 saturated heterocycles. The maximum Gasteiger partial charge on any atom is 0.263 e. The summed E-state index contributed by atoms with van der Waals surface area (Å²) in [6.45, 7) is 5.66. The van der Waals surface area contributed by atoms with Crippen molar-refractivity contribution in [3.8, 4) is 5.75 Å². The minimum Gasteiger partial charge on any atom is -0.484 e. The van der Waals surface area contributed by atoms with Crippen LogP contribution in [0.2, 0.25) is 0 Å². The average molecular weight is 429 g/mol. The maximum atomic E-state index is 12.4. The van der Waals surface area contributed by atoms with Gasteiger partial charge in [-0.15, -0.1) is 0 Å². The Labute approximate surface area is 175 Å². The van der Waals surface area contributed by atoms with Gasteiger partial charge in [-0.05, 0) is 54.8 Å². The Hall–Kier alpha value is -3.33. The molecule has 0 atom stereocenters. The van der Waals surface area contributed by atoms with E-state index >= 15 is 0 Å². The van der Waals surface area contributed by atoms with Gasteiger partial charge in [0.2, 0.25) is 0 Å². The number of anilines is 2. The molecule has 0 saturated carbocycles. The highest BCUT2D eigenvalue weighted by molar-refractivity contribution is 7.92. The van der Waals surface area contributed by atoms with E-state index in [1.54, 1.807) is 13.0 Å². The Morgan fingerprint density at radius 1 is 1.13 bits per heavy atom. The van der Waals surface area contributed by atoms with Crippen molar-refractivity contribution in [2.24, 2.45) is 0 Å². The van der Waals surface area contributed by atoms with Gasteiger partial charge in [-0.2, -0.15) is 0 Å². The van der Waals surface area contributed by atoms with Gasteiger partial charge in [-0.1, -0.05) is 31.1 Å². The Morgan fingerprint density at radius 2 is 1.87 bits per heavy atom. The molecule has 0 aliphatic carbocycles. The molecule has 0 aliphatic heterocycles. The fraction of sp³-hybridized carbons (Fsp3) is 0.238. The van der Waals surface area contributed by atoms with E-state index in [4.69, 9.17) is 9.26 Å². The monoisotopic (exact) mass is 429 g/mol. The molecule has 0 spiro atoms. The number of benzene rings is 2. The molecule has 0 radical (unpaired) electrons. The number of hydrogen-bond donors (Lipinski definition) is 2. The van der Waals surface area contributed by atoms with Crippen LogP contribution >= 0.6 is 0 Å². The number of carbonyl (C=O) groups is 1. The van der Waals surface area contributed by atoms with Gasteiger partial charge in [0.05, 0.1) is 4.90 Å². The summed E-state index contributed by atoms with van der Waals surface area (Å²) in [6.07, 6.45) is 0. The summed E-state index contributed by atoms with van der Waals surface area (Å²) in [6, 6.07) is 14.8. The van der Waals surface area contributed by atoms with Crippen molar-refractivity contribution < 1.29 is 22.5 Å². The van der Waals surface area contributed by atoms with Crippen molar-refractivity contribution >= 4 is 27.4 Å². The van der Waals surface area contributed by atoms with E-state index in [9.17, 15) is 13.2 Å². The number of sulfonamides is 1. The second-order valence-corrected chi connectivity index (χ2v) is 8.70. The number of nitrogens with zero attached hydrogens (tertiary/aromatic N) is 1. The zero-order chi connectivity index (χ0) is 21.7. The summed E-state index contributed by atoms with van der Waals surface area (Å²) in [4.78, 5) is 12.2. The second kappa shape index (κ2) is 9.00. The molecule has 2 N–H and O–H groups in total. The lowest BCUT2D eigenvalue weighted by molar-refractivity contribution is -0.118. The molecule has 2 aromatic carbocycles. The average Bonchev–Trinajstić information content (AvgIpc) is 3.11. The predicted molar refractivity (Wildman–Crippen MR) is 113 cm³/mol. The van der Waals surface area contributed by atoms with Crippen LogP contribution in [-0.4, -0.2) is 26.1 Å². The number of ether oxygens (including phenoxy) is 1. The lowest BCUT2D eigenvalue weighted by Gasteiger charge is -2.11. The number of rotatable bonds is 8. The van der Waals surface area contributed by atoms with Gasteiger partial charge in [0.25, 0.3) is 15.9 Å². The second-order valence-electron chi connectivity index (χ2n) is 7.02. The summed E-state index contributed by atoms with van der Waals surface area (Å²) in [5, 5.41) is 6.28. The van der Waals surface area contributed by atoms with Gasteiger partial charge in [0.1, 0.15) is 11.5 Å². The topological polar surface area (TPSA) is 111 Å². The first-order valence-corrected chi connectivity index (χ1v) is 10.8. The molecule has 1 amide bonds. The minimum atomic E-state index is -3.81. The van der Waals surface area contributed by atoms with Crippen LogP contribution < -0.4 is 14.8 Å². The first-order valence-electron chi connectivity index (χ1n) is 9.32. The number of hydrogen-bond acceptors (Lipinski definition) is 6. The highest BCUT2D eigenvalue weighted by Crippen LogP contribution is 2.21. The van der Waals surface area contributed by atoms with Crippen molar-refractivity contribution in [1.29, 1.82) is 0 Å². The van der Waals surface area contributed by atoms with E-state index in [0.29, 0.717) is 23.1 Å². The molecular weight excluding hydrogens is 406 g/mol. The SMILES string of the molecule is Cc1cc(NS(=O)(=O)c2ccc(NC(=O)COc3cccc(C(C)C)c3)cc2)no1. The molecule has 1 heterocycles. The van der Waals surface area contributed by atoms with Crippen molar-refractivity contribution in [3.05, 3.63) is 65.9 Å². The first kappa shape index (κ1) is 21.4. The smallest absolute Gasteiger partial charge is 0.263 e. The van der Waals surface area contributed by atoms with Crippen LogP contribution in [0.4, 0.5) is 11.5 Å². The molecule has 0 bridgehead atoms. The Balaban J connectivity index is 1.57. The van der Waals surface area contributed by atoms with Gasteiger partial charge in [0.15, 0.2) is 12.4 Å². The molecule has 3 rings (SSSR count). The van der Waals surface area contributed by atoms with Crippen LogP contribution in [0.3, 0.4) is 0 Å². The standard InChI is InChI=1S/C21H23N3O5S/c1-14(2)16-5-4-6-18(12-16)28-13-21(25)22-17-7-9-19(10-8-17)30(26,27)24-20-11-15(3)29-23-20/h4-12,14H,13H2,1-3H3,(H,22,25)(H,23,24). The molecule has 0 unspecified atom stereocenters. The van der Waals surface area contributed by atoms with Gasteiger partial charge >= 0.3 is 0 Å². The van der Waals surface area contributed by atoms with E-state index < -0.39 is 10.0 Å². The molecular formula is C21H23N3O5S. The highest BCUT2D eigenvalue weighted by Gasteiger charge is 2.16. The zero-order valence-corrected chi connectivity index (χ0v) is 17.7. The van der Waals surface area contributed by atoms with E-state index in [1.165, 1.54) is 30.3 Å². The van der Waals surface area contributed by atoms with Crippen molar-refractivity contribution in [2.75, 3.05) is 16.6 Å². The molecule has 9 heteroatoms. The highest BCUT2D eigenvalue weighted by atomic mass is 32.2. The van der Waals surface area contributed by atoms with Crippen LogP contribution in [-0.2, 0) is 14.8 Å². The Bertz CT molecular complexity index is 1120. The summed E-state index contributed by atoms with van der Waals surface area (Å²) in [5.41, 5.74) is 1.58. The largest absolute Gasteiger partial charge is 0.484 e. The predicted octanol–water partition coefficient (Wildman–Crippen LogP) is 3.92. The minimum absolute atomic E-state index is 0.0305. The molecule has 0 aliphatic rings. The number of aromatic nitrogens is 1. The van der Waals surface area contributed by atoms with Crippen LogP contribution in [0.1, 0.15) is 31.1 Å². The van der Waals surface area contributed by atoms with Gasteiger partial charge < -0.3 is 14.6 Å². The maximum absolute atomic E-state index is 12.4. The van der Waals surface area contributed by atoms with Crippen LogP contribution in [0.15, 0.2) is 64.0 Å². The summed E-state index contributed by atoms with van der Waals surface area (Å²) in [5.74, 6) is 1.22. The van der Waals surface area contributed by atoms with Gasteiger partial charge in [-0.3, -0.25) is 9.52 Å². The third-order valence-corrected chi connectivity index (χ3v) is 5.58. The molecule has 0 fully saturated rings. The number of amides is 1. The molecule has 8 nitrogen and oxygen atoms in total. The van der Waals surface area contributed by atoms with Crippen LogP contribution in [0, 0.1) is 6.92 Å². The quantitative estimate of drug-likeness (QED) is 0.561. The fourth-order valence-corrected chi connectivity index (χ4v) is 3.62. The van der Waals surface area contributed by atoms with E-state index in [2.05, 4.69) is 29.0 Å². The van der Waals surface area contributed by atoms with Gasteiger partial charge in [0, 0.05) is 11.8 Å². The molecule has 30 heavy (non-hydrogen) atoms. The van der Waals surface area contributed by atoms with Crippen LogP contribution in [0.5, 0.6) is 5.75 Å². The number of carbonyl (C=O) groups excluding carboxylic acids is 1. The van der Waals surface area contributed by atoms with Crippen LogP contribution in [0.25, 0.3) is 0 Å². The Morgan fingerprint density at radius 3 is 2.50 bits per heavy atom. The van der Waals surface area contributed by atoms with E-state index in [1.807, 2.05) is 18.2 Å².